The summed E-state index contributed by atoms with van der Waals surface area (Å²) in [5.41, 5.74) is 0. The highest BCUT2D eigenvalue weighted by molar-refractivity contribution is 7.90. The Hall–Kier alpha value is -0.230. The van der Waals surface area contributed by atoms with Crippen LogP contribution in [0.15, 0.2) is 0 Å². The van der Waals surface area contributed by atoms with Gasteiger partial charge in [-0.25, -0.2) is 13.1 Å². The van der Waals surface area contributed by atoms with E-state index in [0.29, 0.717) is 19.8 Å². The molecule has 0 bridgehead atoms. The van der Waals surface area contributed by atoms with Crippen molar-refractivity contribution in [2.45, 2.75) is 50.3 Å². The molecule has 0 amide bonds. The van der Waals surface area contributed by atoms with E-state index >= 15 is 0 Å². The van der Waals surface area contributed by atoms with Gasteiger partial charge in [-0.15, -0.1) is 0 Å². The van der Waals surface area contributed by atoms with Gasteiger partial charge in [0.1, 0.15) is 0 Å². The monoisotopic (exact) mass is 227 g/mol. The second-order valence-corrected chi connectivity index (χ2v) is 5.72. The van der Waals surface area contributed by atoms with Crippen molar-refractivity contribution in [2.75, 3.05) is 0 Å². The third-order valence-electron chi connectivity index (χ3n) is 2.40. The van der Waals surface area contributed by atoms with Crippen molar-refractivity contribution in [1.29, 1.82) is 0 Å². The molecule has 6 heteroatoms. The Morgan fingerprint density at radius 1 is 1.21 bits per heavy atom. The van der Waals surface area contributed by atoms with Crippen LogP contribution in [-0.4, -0.2) is 19.7 Å². The first kappa shape index (κ1) is 11.8. The third kappa shape index (κ3) is 2.88. The Labute approximate surface area is 82.9 Å². The average Bonchev–Trinajstić information content (AvgIpc) is 2.03. The Balaban J connectivity index is 2.58. The lowest BCUT2D eigenvalue weighted by molar-refractivity contribution is 0.111. The first-order valence-corrected chi connectivity index (χ1v) is 6.21. The molecular formula is C8H15F2NO2S. The lowest BCUT2D eigenvalue weighted by Crippen LogP contribution is -2.43. The topological polar surface area (TPSA) is 46.2 Å². The van der Waals surface area contributed by atoms with E-state index in [1.165, 1.54) is 0 Å². The van der Waals surface area contributed by atoms with Crippen molar-refractivity contribution in [3.05, 3.63) is 0 Å². The first-order valence-electron chi connectivity index (χ1n) is 4.72. The molecule has 84 valence electrons. The zero-order chi connectivity index (χ0) is 10.8. The third-order valence-corrected chi connectivity index (χ3v) is 3.99. The molecule has 0 aliphatic heterocycles. The van der Waals surface area contributed by atoms with E-state index in [9.17, 15) is 17.2 Å². The van der Waals surface area contributed by atoms with E-state index in [4.69, 9.17) is 0 Å². The summed E-state index contributed by atoms with van der Waals surface area (Å²) >= 11 is 0. The number of halogens is 2. The van der Waals surface area contributed by atoms with Crippen LogP contribution in [0, 0.1) is 0 Å². The Kier molecular flexibility index (Phi) is 3.47. The highest BCUT2D eigenvalue weighted by Gasteiger charge is 2.40. The van der Waals surface area contributed by atoms with Gasteiger partial charge in [-0.3, -0.25) is 0 Å². The van der Waals surface area contributed by atoms with E-state index in [-0.39, 0.29) is 6.04 Å². The van der Waals surface area contributed by atoms with Gasteiger partial charge in [-0.2, -0.15) is 8.78 Å². The minimum absolute atomic E-state index is 0.306. The molecule has 1 aliphatic carbocycles. The van der Waals surface area contributed by atoms with E-state index in [1.807, 2.05) is 0 Å². The molecule has 0 unspecified atom stereocenters. The molecule has 1 rings (SSSR count). The van der Waals surface area contributed by atoms with Gasteiger partial charge in [0.05, 0.1) is 0 Å². The number of sulfonamides is 1. The van der Waals surface area contributed by atoms with Gasteiger partial charge in [-0.1, -0.05) is 19.3 Å². The fraction of sp³-hybridized carbons (Fsp3) is 1.00. The van der Waals surface area contributed by atoms with Crippen LogP contribution in [0.25, 0.3) is 0 Å². The van der Waals surface area contributed by atoms with Gasteiger partial charge in [0, 0.05) is 13.0 Å². The minimum atomic E-state index is -4.48. The van der Waals surface area contributed by atoms with E-state index in [1.54, 1.807) is 0 Å². The largest absolute Gasteiger partial charge is 0.356 e. The molecule has 0 aromatic carbocycles. The quantitative estimate of drug-likeness (QED) is 0.799. The smallest absolute Gasteiger partial charge is 0.207 e. The summed E-state index contributed by atoms with van der Waals surface area (Å²) in [6, 6.07) is -0.306. The molecule has 0 radical (unpaired) electrons. The normalized spacial score (nSPS) is 21.1. The van der Waals surface area contributed by atoms with E-state index in [2.05, 4.69) is 4.72 Å². The van der Waals surface area contributed by atoms with Crippen LogP contribution in [0.5, 0.6) is 0 Å². The molecule has 0 saturated heterocycles. The Morgan fingerprint density at radius 3 is 2.14 bits per heavy atom. The van der Waals surface area contributed by atoms with Gasteiger partial charge in [0.15, 0.2) is 0 Å². The second kappa shape index (κ2) is 4.10. The molecule has 1 aliphatic rings. The van der Waals surface area contributed by atoms with Gasteiger partial charge in [0.2, 0.25) is 0 Å². The molecule has 0 aromatic heterocycles. The standard InChI is InChI=1S/C8H15F2NO2S/c1-8(9,10)14(12,13)11-7-5-3-2-4-6-7/h7,11H,2-6H2,1H3. The molecule has 0 spiro atoms. The summed E-state index contributed by atoms with van der Waals surface area (Å²) in [4.78, 5) is 0. The van der Waals surface area contributed by atoms with Gasteiger partial charge in [0.25, 0.3) is 10.0 Å². The molecule has 1 fully saturated rings. The summed E-state index contributed by atoms with van der Waals surface area (Å²) in [5, 5.41) is -3.69. The molecule has 0 aromatic rings. The highest BCUT2D eigenvalue weighted by Crippen LogP contribution is 2.23. The summed E-state index contributed by atoms with van der Waals surface area (Å²) in [6.07, 6.45) is 4.19. The summed E-state index contributed by atoms with van der Waals surface area (Å²) in [7, 11) is -4.48. The lowest BCUT2D eigenvalue weighted by atomic mass is 9.96. The first-order chi connectivity index (χ1) is 6.33. The van der Waals surface area contributed by atoms with Crippen LogP contribution >= 0.6 is 0 Å². The van der Waals surface area contributed by atoms with Gasteiger partial charge >= 0.3 is 5.25 Å². The zero-order valence-electron chi connectivity index (χ0n) is 8.09. The fourth-order valence-electron chi connectivity index (χ4n) is 1.54. The maximum atomic E-state index is 12.6. The SMILES string of the molecule is CC(F)(F)S(=O)(=O)NC1CCCCC1. The molecular weight excluding hydrogens is 212 g/mol. The Bertz CT molecular complexity index is 278. The maximum absolute atomic E-state index is 12.6. The number of rotatable bonds is 3. The predicted octanol–water partition coefficient (Wildman–Crippen LogP) is 1.85. The van der Waals surface area contributed by atoms with Crippen molar-refractivity contribution in [3.8, 4) is 0 Å². The number of nitrogens with one attached hydrogen (secondary N) is 1. The van der Waals surface area contributed by atoms with Gasteiger partial charge < -0.3 is 0 Å². The predicted molar refractivity (Wildman–Crippen MR) is 49.5 cm³/mol. The molecule has 0 atom stereocenters. The van der Waals surface area contributed by atoms with Crippen LogP contribution in [0.1, 0.15) is 39.0 Å². The van der Waals surface area contributed by atoms with Crippen molar-refractivity contribution >= 4 is 10.0 Å². The Morgan fingerprint density at radius 2 is 1.71 bits per heavy atom. The summed E-state index contributed by atoms with van der Waals surface area (Å²) in [5.74, 6) is 0. The molecule has 1 N–H and O–H groups in total. The van der Waals surface area contributed by atoms with Crippen molar-refractivity contribution in [1.82, 2.24) is 4.72 Å². The van der Waals surface area contributed by atoms with Crippen LogP contribution < -0.4 is 4.72 Å². The van der Waals surface area contributed by atoms with Gasteiger partial charge in [-0.05, 0) is 12.8 Å². The molecule has 3 nitrogen and oxygen atoms in total. The number of hydrogen-bond donors (Lipinski definition) is 1. The number of alkyl halides is 2. The lowest BCUT2D eigenvalue weighted by Gasteiger charge is -2.24. The molecule has 14 heavy (non-hydrogen) atoms. The zero-order valence-corrected chi connectivity index (χ0v) is 8.91. The summed E-state index contributed by atoms with van der Waals surface area (Å²) < 4.78 is 49.4. The van der Waals surface area contributed by atoms with Crippen LogP contribution in [0.2, 0.25) is 0 Å². The highest BCUT2D eigenvalue weighted by atomic mass is 32.2. The van der Waals surface area contributed by atoms with Crippen molar-refractivity contribution < 1.29 is 17.2 Å². The fourth-order valence-corrected chi connectivity index (χ4v) is 2.42. The van der Waals surface area contributed by atoms with Crippen molar-refractivity contribution in [2.24, 2.45) is 0 Å². The number of hydrogen-bond acceptors (Lipinski definition) is 2. The minimum Gasteiger partial charge on any atom is -0.207 e. The molecule has 0 heterocycles. The average molecular weight is 227 g/mol. The molecule has 1 saturated carbocycles. The van der Waals surface area contributed by atoms with Crippen LogP contribution in [0.3, 0.4) is 0 Å². The second-order valence-electron chi connectivity index (χ2n) is 3.76. The van der Waals surface area contributed by atoms with E-state index in [0.717, 1.165) is 19.3 Å². The summed E-state index contributed by atoms with van der Waals surface area (Å²) in [6.45, 7) is 0.401. The van der Waals surface area contributed by atoms with E-state index < -0.39 is 15.3 Å². The van der Waals surface area contributed by atoms with Crippen LogP contribution in [-0.2, 0) is 10.0 Å². The van der Waals surface area contributed by atoms with Crippen molar-refractivity contribution in [3.63, 3.8) is 0 Å². The van der Waals surface area contributed by atoms with Crippen LogP contribution in [0.4, 0.5) is 8.78 Å². The maximum Gasteiger partial charge on any atom is 0.356 e.